The van der Waals surface area contributed by atoms with Gasteiger partial charge >= 0.3 is 0 Å². The van der Waals surface area contributed by atoms with Gasteiger partial charge in [-0.05, 0) is 25.2 Å². The fourth-order valence-corrected chi connectivity index (χ4v) is 5.45. The van der Waals surface area contributed by atoms with Gasteiger partial charge in [-0.25, -0.2) is 0 Å². The molecule has 0 aliphatic heterocycles. The van der Waals surface area contributed by atoms with Crippen LogP contribution in [-0.2, 0) is 14.3 Å². The molecule has 0 fully saturated rings. The smallest absolute Gasteiger partial charge is 0.264 e. The lowest BCUT2D eigenvalue weighted by Crippen LogP contribution is -2.18. The van der Waals surface area contributed by atoms with Crippen LogP contribution in [0, 0.1) is 5.92 Å². The van der Waals surface area contributed by atoms with Crippen molar-refractivity contribution < 1.29 is 12.6 Å². The van der Waals surface area contributed by atoms with Gasteiger partial charge in [0, 0.05) is 0 Å². The SMILES string of the molecule is CCCCCCCCCCCC[C@@H](C)CCC(CCCCCCCCCCC)OS(C)(=O)=O. The van der Waals surface area contributed by atoms with E-state index in [1.54, 1.807) is 0 Å². The fourth-order valence-electron chi connectivity index (χ4n) is 4.77. The molecule has 0 radical (unpaired) electrons. The molecule has 0 aromatic carbocycles. The van der Waals surface area contributed by atoms with Gasteiger partial charge in [0.25, 0.3) is 10.1 Å². The van der Waals surface area contributed by atoms with E-state index in [9.17, 15) is 8.42 Å². The minimum absolute atomic E-state index is 0.125. The van der Waals surface area contributed by atoms with Crippen molar-refractivity contribution in [2.45, 2.75) is 175 Å². The van der Waals surface area contributed by atoms with E-state index in [0.717, 1.165) is 25.7 Å². The van der Waals surface area contributed by atoms with Crippen molar-refractivity contribution in [2.75, 3.05) is 6.26 Å². The Labute approximate surface area is 209 Å². The molecule has 0 spiro atoms. The molecule has 0 saturated heterocycles. The average molecular weight is 489 g/mol. The lowest BCUT2D eigenvalue weighted by molar-refractivity contribution is 0.175. The molecule has 4 heteroatoms. The Morgan fingerprint density at radius 3 is 1.27 bits per heavy atom. The summed E-state index contributed by atoms with van der Waals surface area (Å²) in [6.45, 7) is 6.86. The molecule has 0 aliphatic rings. The van der Waals surface area contributed by atoms with Crippen LogP contribution in [-0.4, -0.2) is 20.8 Å². The van der Waals surface area contributed by atoms with E-state index in [4.69, 9.17) is 4.18 Å². The van der Waals surface area contributed by atoms with Crippen molar-refractivity contribution in [1.82, 2.24) is 0 Å². The first-order valence-corrected chi connectivity index (χ1v) is 16.6. The Morgan fingerprint density at radius 1 is 0.515 bits per heavy atom. The zero-order valence-corrected chi connectivity index (χ0v) is 23.9. The molecule has 0 heterocycles. The number of hydrogen-bond donors (Lipinski definition) is 0. The number of hydrogen-bond acceptors (Lipinski definition) is 3. The molecule has 0 aliphatic carbocycles. The van der Waals surface area contributed by atoms with Crippen molar-refractivity contribution in [3.63, 3.8) is 0 Å². The number of unbranched alkanes of at least 4 members (excludes halogenated alkanes) is 17. The Hall–Kier alpha value is -0.0900. The molecule has 2 atom stereocenters. The van der Waals surface area contributed by atoms with Crippen LogP contribution < -0.4 is 0 Å². The third-order valence-corrected chi connectivity index (χ3v) is 7.59. The Kier molecular flexibility index (Phi) is 23.6. The molecule has 0 N–H and O–H groups in total. The van der Waals surface area contributed by atoms with Gasteiger partial charge in [-0.2, -0.15) is 8.42 Å². The second-order valence-corrected chi connectivity index (χ2v) is 12.3. The Morgan fingerprint density at radius 2 is 0.879 bits per heavy atom. The summed E-state index contributed by atoms with van der Waals surface area (Å²) in [5, 5.41) is 0. The highest BCUT2D eigenvalue weighted by molar-refractivity contribution is 7.86. The van der Waals surface area contributed by atoms with Gasteiger partial charge in [0.2, 0.25) is 0 Å². The zero-order valence-electron chi connectivity index (χ0n) is 23.1. The average Bonchev–Trinajstić information content (AvgIpc) is 2.76. The lowest BCUT2D eigenvalue weighted by Gasteiger charge is -2.19. The summed E-state index contributed by atoms with van der Waals surface area (Å²) < 4.78 is 28.8. The van der Waals surface area contributed by atoms with Crippen molar-refractivity contribution in [3.8, 4) is 0 Å². The van der Waals surface area contributed by atoms with Gasteiger partial charge < -0.3 is 0 Å². The summed E-state index contributed by atoms with van der Waals surface area (Å²) in [5.74, 6) is 0.660. The van der Waals surface area contributed by atoms with Crippen LogP contribution in [0.25, 0.3) is 0 Å². The molecular formula is C29H60O3S. The second-order valence-electron chi connectivity index (χ2n) is 10.7. The minimum Gasteiger partial charge on any atom is -0.267 e. The van der Waals surface area contributed by atoms with Gasteiger partial charge in [-0.1, -0.05) is 149 Å². The summed E-state index contributed by atoms with van der Waals surface area (Å²) in [7, 11) is -3.37. The largest absolute Gasteiger partial charge is 0.267 e. The maximum atomic E-state index is 11.7. The fraction of sp³-hybridized carbons (Fsp3) is 1.00. The van der Waals surface area contributed by atoms with Gasteiger partial charge in [0.05, 0.1) is 12.4 Å². The van der Waals surface area contributed by atoms with Crippen molar-refractivity contribution in [2.24, 2.45) is 5.92 Å². The van der Waals surface area contributed by atoms with Gasteiger partial charge in [0.1, 0.15) is 0 Å². The summed E-state index contributed by atoms with van der Waals surface area (Å²) in [5.41, 5.74) is 0. The predicted octanol–water partition coefficient (Wildman–Crippen LogP) is 9.98. The van der Waals surface area contributed by atoms with Crippen LogP contribution >= 0.6 is 0 Å². The van der Waals surface area contributed by atoms with Gasteiger partial charge in [-0.15, -0.1) is 0 Å². The van der Waals surface area contributed by atoms with E-state index in [2.05, 4.69) is 20.8 Å². The predicted molar refractivity (Wildman–Crippen MR) is 146 cm³/mol. The van der Waals surface area contributed by atoms with Crippen LogP contribution in [0.1, 0.15) is 168 Å². The molecule has 3 nitrogen and oxygen atoms in total. The van der Waals surface area contributed by atoms with Crippen LogP contribution in [0.2, 0.25) is 0 Å². The van der Waals surface area contributed by atoms with Crippen molar-refractivity contribution >= 4 is 10.1 Å². The van der Waals surface area contributed by atoms with Crippen molar-refractivity contribution in [1.29, 1.82) is 0 Å². The standard InChI is InChI=1S/C29H60O3S/c1-5-7-9-11-13-15-17-18-20-22-24-28(3)26-27-29(32-33(4,30)31)25-23-21-19-16-14-12-10-8-6-2/h28-29H,5-27H2,1-4H3/t28-,29?/m1/s1. The molecule has 1 unspecified atom stereocenters. The molecular weight excluding hydrogens is 428 g/mol. The van der Waals surface area contributed by atoms with Gasteiger partial charge in [-0.3, -0.25) is 4.18 Å². The van der Waals surface area contributed by atoms with E-state index in [1.807, 2.05) is 0 Å². The van der Waals surface area contributed by atoms with E-state index in [1.165, 1.54) is 128 Å². The van der Waals surface area contributed by atoms with Gasteiger partial charge in [0.15, 0.2) is 0 Å². The third kappa shape index (κ3) is 26.4. The molecule has 0 amide bonds. The number of rotatable bonds is 26. The van der Waals surface area contributed by atoms with Crippen LogP contribution in [0.15, 0.2) is 0 Å². The maximum absolute atomic E-state index is 11.7. The quantitative estimate of drug-likeness (QED) is 0.0898. The van der Waals surface area contributed by atoms with E-state index < -0.39 is 10.1 Å². The minimum atomic E-state index is -3.37. The summed E-state index contributed by atoms with van der Waals surface area (Å²) in [6, 6.07) is 0. The zero-order chi connectivity index (χ0) is 24.6. The van der Waals surface area contributed by atoms with Crippen LogP contribution in [0.4, 0.5) is 0 Å². The lowest BCUT2D eigenvalue weighted by atomic mass is 9.94. The topological polar surface area (TPSA) is 43.4 Å². The monoisotopic (exact) mass is 488 g/mol. The van der Waals surface area contributed by atoms with E-state index in [-0.39, 0.29) is 6.10 Å². The van der Waals surface area contributed by atoms with Crippen LogP contribution in [0.5, 0.6) is 0 Å². The highest BCUT2D eigenvalue weighted by Gasteiger charge is 2.16. The molecule has 200 valence electrons. The first-order valence-electron chi connectivity index (χ1n) is 14.8. The molecule has 0 rings (SSSR count). The highest BCUT2D eigenvalue weighted by atomic mass is 32.2. The summed E-state index contributed by atoms with van der Waals surface area (Å²) in [6.07, 6.45) is 30.6. The molecule has 0 saturated carbocycles. The molecule has 0 aromatic rings. The molecule has 0 bridgehead atoms. The van der Waals surface area contributed by atoms with Crippen molar-refractivity contribution in [3.05, 3.63) is 0 Å². The Balaban J connectivity index is 3.84. The highest BCUT2D eigenvalue weighted by Crippen LogP contribution is 2.22. The van der Waals surface area contributed by atoms with Crippen LogP contribution in [0.3, 0.4) is 0 Å². The van der Waals surface area contributed by atoms with E-state index in [0.29, 0.717) is 5.92 Å². The third-order valence-electron chi connectivity index (χ3n) is 6.97. The summed E-state index contributed by atoms with van der Waals surface area (Å²) >= 11 is 0. The first kappa shape index (κ1) is 32.9. The normalized spacial score (nSPS) is 13.9. The molecule has 33 heavy (non-hydrogen) atoms. The Bertz CT molecular complexity index is 489. The van der Waals surface area contributed by atoms with E-state index >= 15 is 0 Å². The molecule has 0 aromatic heterocycles. The second kappa shape index (κ2) is 23.6. The first-order chi connectivity index (χ1) is 15.9. The maximum Gasteiger partial charge on any atom is 0.264 e. The summed E-state index contributed by atoms with van der Waals surface area (Å²) in [4.78, 5) is 0.